The molecule has 0 spiro atoms. The van der Waals surface area contributed by atoms with Gasteiger partial charge in [-0.25, -0.2) is 9.18 Å². The molecular weight excluding hydrogens is 351 g/mol. The third-order valence-electron chi connectivity index (χ3n) is 5.64. The second-order valence-corrected chi connectivity index (χ2v) is 8.05. The molecule has 2 heterocycles. The van der Waals surface area contributed by atoms with E-state index < -0.39 is 17.4 Å². The van der Waals surface area contributed by atoms with Crippen molar-refractivity contribution in [3.63, 3.8) is 0 Å². The van der Waals surface area contributed by atoms with Crippen molar-refractivity contribution in [3.05, 3.63) is 30.1 Å². The molecule has 3 rings (SSSR count). The highest BCUT2D eigenvalue weighted by atomic mass is 19.1. The number of hydrogen-bond donors (Lipinski definition) is 1. The molecule has 2 fully saturated rings. The number of morpholine rings is 1. The van der Waals surface area contributed by atoms with Crippen molar-refractivity contribution < 1.29 is 23.8 Å². The van der Waals surface area contributed by atoms with Crippen molar-refractivity contribution in [1.82, 2.24) is 9.80 Å². The fraction of sp³-hybridized carbons (Fsp3) is 0.650. The van der Waals surface area contributed by atoms with Crippen LogP contribution in [0.3, 0.4) is 0 Å². The van der Waals surface area contributed by atoms with Gasteiger partial charge in [0.15, 0.2) is 0 Å². The van der Waals surface area contributed by atoms with Gasteiger partial charge in [0.05, 0.1) is 13.2 Å². The maximum Gasteiger partial charge on any atom is 0.348 e. The third-order valence-corrected chi connectivity index (χ3v) is 5.64. The summed E-state index contributed by atoms with van der Waals surface area (Å²) in [6, 6.07) is 5.68. The van der Waals surface area contributed by atoms with Crippen LogP contribution in [0.5, 0.6) is 5.75 Å². The number of carboxylic acids is 1. The standard InChI is InChI=1S/C20H29FN2O4/c1-19(2,23-10-12-26-13-11-23)15-22-8-6-20(7-9-22,18(24)25)27-17-5-3-4-16(21)14-17/h3-5,14H,6-13,15H2,1-2H3,(H,24,25). The SMILES string of the molecule is CC(C)(CN1CCC(Oc2cccc(F)c2)(C(=O)O)CC1)N1CCOCC1. The Kier molecular flexibility index (Phi) is 6.03. The van der Waals surface area contributed by atoms with E-state index in [1.807, 2.05) is 0 Å². The van der Waals surface area contributed by atoms with E-state index in [4.69, 9.17) is 9.47 Å². The lowest BCUT2D eigenvalue weighted by molar-refractivity contribution is -0.160. The zero-order valence-electron chi connectivity index (χ0n) is 16.1. The van der Waals surface area contributed by atoms with Crippen LogP contribution in [0.15, 0.2) is 24.3 Å². The third kappa shape index (κ3) is 4.78. The molecule has 0 amide bonds. The maximum atomic E-state index is 13.4. The number of nitrogens with zero attached hydrogens (tertiary/aromatic N) is 2. The van der Waals surface area contributed by atoms with Gasteiger partial charge in [-0.1, -0.05) is 6.07 Å². The molecule has 1 N–H and O–H groups in total. The van der Waals surface area contributed by atoms with Crippen LogP contribution < -0.4 is 4.74 Å². The van der Waals surface area contributed by atoms with E-state index in [2.05, 4.69) is 23.6 Å². The monoisotopic (exact) mass is 380 g/mol. The van der Waals surface area contributed by atoms with E-state index in [9.17, 15) is 14.3 Å². The number of benzene rings is 1. The highest BCUT2D eigenvalue weighted by Gasteiger charge is 2.45. The summed E-state index contributed by atoms with van der Waals surface area (Å²) in [6.45, 7) is 9.93. The topological polar surface area (TPSA) is 62.2 Å². The number of ether oxygens (including phenoxy) is 2. The van der Waals surface area contributed by atoms with Crippen molar-refractivity contribution in [2.75, 3.05) is 45.9 Å². The quantitative estimate of drug-likeness (QED) is 0.817. The van der Waals surface area contributed by atoms with Gasteiger partial charge < -0.3 is 19.5 Å². The number of hydrogen-bond acceptors (Lipinski definition) is 5. The molecule has 1 aromatic rings. The maximum absolute atomic E-state index is 13.4. The van der Waals surface area contributed by atoms with E-state index in [1.54, 1.807) is 6.07 Å². The van der Waals surface area contributed by atoms with Crippen molar-refractivity contribution >= 4 is 5.97 Å². The Labute approximate surface area is 159 Å². The molecule has 0 bridgehead atoms. The molecule has 150 valence electrons. The average molecular weight is 380 g/mol. The van der Waals surface area contributed by atoms with Crippen molar-refractivity contribution in [1.29, 1.82) is 0 Å². The van der Waals surface area contributed by atoms with E-state index in [0.717, 1.165) is 32.8 Å². The van der Waals surface area contributed by atoms with Crippen molar-refractivity contribution in [3.8, 4) is 5.75 Å². The van der Waals surface area contributed by atoms with Crippen LogP contribution in [-0.4, -0.2) is 78.0 Å². The minimum absolute atomic E-state index is 0.00355. The Morgan fingerprint density at radius 1 is 1.26 bits per heavy atom. The van der Waals surface area contributed by atoms with Crippen LogP contribution in [0.2, 0.25) is 0 Å². The van der Waals surface area contributed by atoms with Gasteiger partial charge >= 0.3 is 5.97 Å². The molecule has 0 aromatic heterocycles. The molecule has 2 aliphatic heterocycles. The molecule has 2 saturated heterocycles. The lowest BCUT2D eigenvalue weighted by Crippen LogP contribution is -2.59. The van der Waals surface area contributed by atoms with Crippen LogP contribution in [-0.2, 0) is 9.53 Å². The minimum atomic E-state index is -1.30. The predicted molar refractivity (Wildman–Crippen MR) is 99.5 cm³/mol. The molecule has 0 radical (unpaired) electrons. The highest BCUT2D eigenvalue weighted by Crippen LogP contribution is 2.31. The number of likely N-dealkylation sites (tertiary alicyclic amines) is 1. The van der Waals surface area contributed by atoms with Gasteiger partial charge in [-0.3, -0.25) is 4.90 Å². The van der Waals surface area contributed by atoms with Crippen molar-refractivity contribution in [2.45, 2.75) is 37.8 Å². The molecule has 2 aliphatic rings. The number of rotatable bonds is 6. The normalized spacial score (nSPS) is 21.7. The molecule has 1 aromatic carbocycles. The first-order valence-corrected chi connectivity index (χ1v) is 9.54. The Hall–Kier alpha value is -1.70. The summed E-state index contributed by atoms with van der Waals surface area (Å²) in [7, 11) is 0. The molecule has 27 heavy (non-hydrogen) atoms. The van der Waals surface area contributed by atoms with Crippen LogP contribution in [0, 0.1) is 5.82 Å². The number of piperidine rings is 1. The number of halogens is 1. The van der Waals surface area contributed by atoms with Gasteiger partial charge in [0.1, 0.15) is 11.6 Å². The Balaban J connectivity index is 1.62. The lowest BCUT2D eigenvalue weighted by Gasteiger charge is -2.46. The molecular formula is C20H29FN2O4. The summed E-state index contributed by atoms with van der Waals surface area (Å²) in [5, 5.41) is 9.78. The van der Waals surface area contributed by atoms with Gasteiger partial charge in [-0.05, 0) is 26.0 Å². The first-order chi connectivity index (χ1) is 12.8. The first-order valence-electron chi connectivity index (χ1n) is 9.54. The van der Waals surface area contributed by atoms with Gasteiger partial charge in [0.25, 0.3) is 0 Å². The smallest absolute Gasteiger partial charge is 0.348 e. The fourth-order valence-electron chi connectivity index (χ4n) is 4.00. The predicted octanol–water partition coefficient (Wildman–Crippen LogP) is 2.23. The molecule has 6 nitrogen and oxygen atoms in total. The van der Waals surface area contributed by atoms with E-state index in [-0.39, 0.29) is 11.3 Å². The van der Waals surface area contributed by atoms with Gasteiger partial charge in [0.2, 0.25) is 5.60 Å². The molecule has 0 aliphatic carbocycles. The summed E-state index contributed by atoms with van der Waals surface area (Å²) < 4.78 is 24.6. The summed E-state index contributed by atoms with van der Waals surface area (Å²) in [4.78, 5) is 16.7. The second kappa shape index (κ2) is 8.12. The van der Waals surface area contributed by atoms with E-state index in [1.165, 1.54) is 18.2 Å². The second-order valence-electron chi connectivity index (χ2n) is 8.05. The average Bonchev–Trinajstić information content (AvgIpc) is 2.64. The van der Waals surface area contributed by atoms with Crippen LogP contribution in [0.1, 0.15) is 26.7 Å². The molecule has 0 saturated carbocycles. The number of carbonyl (C=O) groups is 1. The van der Waals surface area contributed by atoms with Crippen LogP contribution >= 0.6 is 0 Å². The molecule has 7 heteroatoms. The molecule has 0 atom stereocenters. The Morgan fingerprint density at radius 2 is 1.93 bits per heavy atom. The summed E-state index contributed by atoms with van der Waals surface area (Å²) in [5.41, 5.74) is -1.30. The van der Waals surface area contributed by atoms with Crippen LogP contribution in [0.4, 0.5) is 4.39 Å². The highest BCUT2D eigenvalue weighted by molar-refractivity contribution is 5.78. The largest absolute Gasteiger partial charge is 0.478 e. The zero-order chi connectivity index (χ0) is 19.5. The summed E-state index contributed by atoms with van der Waals surface area (Å²) >= 11 is 0. The zero-order valence-corrected chi connectivity index (χ0v) is 16.1. The minimum Gasteiger partial charge on any atom is -0.478 e. The van der Waals surface area contributed by atoms with E-state index in [0.29, 0.717) is 25.9 Å². The van der Waals surface area contributed by atoms with Gasteiger partial charge in [0, 0.05) is 57.2 Å². The number of carboxylic acid groups (broad SMARTS) is 1. The summed E-state index contributed by atoms with van der Waals surface area (Å²) in [6.07, 6.45) is 0.746. The van der Waals surface area contributed by atoms with Gasteiger partial charge in [-0.15, -0.1) is 0 Å². The summed E-state index contributed by atoms with van der Waals surface area (Å²) in [5.74, 6) is -1.16. The van der Waals surface area contributed by atoms with Crippen molar-refractivity contribution in [2.24, 2.45) is 0 Å². The lowest BCUT2D eigenvalue weighted by atomic mass is 9.89. The van der Waals surface area contributed by atoms with E-state index >= 15 is 0 Å². The Bertz CT molecular complexity index is 653. The Morgan fingerprint density at radius 3 is 2.52 bits per heavy atom. The van der Waals surface area contributed by atoms with Gasteiger partial charge in [-0.2, -0.15) is 0 Å². The number of aliphatic carboxylic acids is 1. The molecule has 0 unspecified atom stereocenters. The first kappa shape index (κ1) is 20.0. The van der Waals surface area contributed by atoms with Crippen LogP contribution in [0.25, 0.3) is 0 Å². The fourth-order valence-corrected chi connectivity index (χ4v) is 4.00.